The monoisotopic (exact) mass is 632 g/mol. The number of rotatable bonds is 6. The summed E-state index contributed by atoms with van der Waals surface area (Å²) in [5, 5.41) is 28.1. The van der Waals surface area contributed by atoms with Crippen molar-refractivity contribution in [2.24, 2.45) is 14.1 Å². The van der Waals surface area contributed by atoms with Gasteiger partial charge in [0.15, 0.2) is 34.6 Å². The number of hydrogen-bond acceptors (Lipinski definition) is 10. The molecule has 0 aliphatic rings. The van der Waals surface area contributed by atoms with Gasteiger partial charge in [-0.2, -0.15) is 10.2 Å². The van der Waals surface area contributed by atoms with Gasteiger partial charge in [0.2, 0.25) is 0 Å². The van der Waals surface area contributed by atoms with Crippen LogP contribution in [0.3, 0.4) is 0 Å². The number of halogens is 2. The van der Waals surface area contributed by atoms with Gasteiger partial charge in [-0.15, -0.1) is 0 Å². The molecule has 0 fully saturated rings. The van der Waals surface area contributed by atoms with Crippen molar-refractivity contribution in [3.05, 3.63) is 95.8 Å². The van der Waals surface area contributed by atoms with E-state index in [0.29, 0.717) is 21.8 Å². The molecule has 0 amide bonds. The first-order valence-electron chi connectivity index (χ1n) is 13.4. The number of aromatic nitrogens is 4. The van der Waals surface area contributed by atoms with Crippen LogP contribution in [0.15, 0.2) is 73.1 Å². The third kappa shape index (κ3) is 6.36. The largest absolute Gasteiger partial charge is 0.508 e. The van der Waals surface area contributed by atoms with Crippen molar-refractivity contribution < 1.29 is 47.5 Å². The van der Waals surface area contributed by atoms with E-state index >= 15 is 0 Å². The Morgan fingerprint density at radius 1 is 0.630 bits per heavy atom. The fraction of sp³-hybridized carbons (Fsp3) is 0.125. The van der Waals surface area contributed by atoms with Crippen LogP contribution in [0.1, 0.15) is 20.7 Å². The number of carbonyl (C=O) groups is 2. The van der Waals surface area contributed by atoms with Crippen molar-refractivity contribution in [1.29, 1.82) is 0 Å². The zero-order valence-electron chi connectivity index (χ0n) is 24.8. The van der Waals surface area contributed by atoms with Gasteiger partial charge in [0.1, 0.15) is 22.5 Å². The lowest BCUT2D eigenvalue weighted by Crippen LogP contribution is -2.02. The molecular weight excluding hydrogens is 606 g/mol. The lowest BCUT2D eigenvalue weighted by Gasteiger charge is -2.11. The van der Waals surface area contributed by atoms with Gasteiger partial charge in [-0.05, 0) is 48.5 Å². The van der Waals surface area contributed by atoms with Crippen LogP contribution < -0.4 is 9.47 Å². The summed E-state index contributed by atoms with van der Waals surface area (Å²) in [4.78, 5) is 23.5. The summed E-state index contributed by atoms with van der Waals surface area (Å²) in [5.74, 6) is -2.56. The van der Waals surface area contributed by atoms with Gasteiger partial charge in [-0.1, -0.05) is 0 Å². The van der Waals surface area contributed by atoms with E-state index in [2.05, 4.69) is 10.2 Å². The lowest BCUT2D eigenvalue weighted by atomic mass is 10.1. The highest BCUT2D eigenvalue weighted by molar-refractivity contribution is 5.98. The topological polar surface area (TPSA) is 147 Å². The molecule has 2 N–H and O–H groups in total. The molecule has 0 spiro atoms. The number of nitrogens with zero attached hydrogens (tertiary/aromatic N) is 4. The minimum Gasteiger partial charge on any atom is -0.508 e. The average Bonchev–Trinajstić information content (AvgIpc) is 3.61. The predicted molar refractivity (Wildman–Crippen MR) is 160 cm³/mol. The summed E-state index contributed by atoms with van der Waals surface area (Å²) in [5.41, 5.74) is 1.74. The maximum Gasteiger partial charge on any atom is 0.338 e. The number of esters is 2. The van der Waals surface area contributed by atoms with Gasteiger partial charge in [-0.3, -0.25) is 9.36 Å². The molecule has 0 bridgehead atoms. The number of methoxy groups -OCH3 is 2. The van der Waals surface area contributed by atoms with Crippen molar-refractivity contribution in [2.75, 3.05) is 14.2 Å². The van der Waals surface area contributed by atoms with E-state index in [0.717, 1.165) is 12.1 Å². The van der Waals surface area contributed by atoms with Crippen molar-refractivity contribution in [1.82, 2.24) is 19.6 Å². The van der Waals surface area contributed by atoms with Crippen LogP contribution in [0.5, 0.6) is 34.5 Å². The van der Waals surface area contributed by atoms with Crippen LogP contribution in [-0.2, 0) is 23.6 Å². The Hall–Kier alpha value is -6.18. The molecular formula is C32H26F2N4O8. The van der Waals surface area contributed by atoms with Crippen LogP contribution in [0.2, 0.25) is 0 Å². The van der Waals surface area contributed by atoms with Crippen LogP contribution in [-0.4, -0.2) is 55.9 Å². The number of phenolic OH excluding ortho intramolecular Hbond substituents is 2. The molecule has 6 rings (SSSR count). The lowest BCUT2D eigenvalue weighted by molar-refractivity contribution is 0.0592. The van der Waals surface area contributed by atoms with Gasteiger partial charge >= 0.3 is 11.9 Å². The van der Waals surface area contributed by atoms with Crippen molar-refractivity contribution in [3.63, 3.8) is 0 Å². The van der Waals surface area contributed by atoms with Crippen molar-refractivity contribution >= 4 is 33.7 Å². The third-order valence-electron chi connectivity index (χ3n) is 6.71. The first kappa shape index (κ1) is 31.3. The number of carbonyl (C=O) groups excluding carboxylic acids is 2. The number of phenols is 2. The van der Waals surface area contributed by atoms with Gasteiger partial charge in [0.05, 0.1) is 37.7 Å². The summed E-state index contributed by atoms with van der Waals surface area (Å²) in [6, 6.07) is 13.3. The summed E-state index contributed by atoms with van der Waals surface area (Å²) in [7, 11) is 5.96. The van der Waals surface area contributed by atoms with Crippen LogP contribution in [0, 0.1) is 11.6 Å². The van der Waals surface area contributed by atoms with Crippen LogP contribution in [0.25, 0.3) is 21.8 Å². The molecule has 0 aliphatic heterocycles. The summed E-state index contributed by atoms with van der Waals surface area (Å²) in [6.45, 7) is 0. The first-order chi connectivity index (χ1) is 22.0. The molecule has 0 aliphatic carbocycles. The second-order valence-corrected chi connectivity index (χ2v) is 9.78. The van der Waals surface area contributed by atoms with E-state index in [4.69, 9.17) is 18.9 Å². The quantitative estimate of drug-likeness (QED) is 0.210. The second-order valence-electron chi connectivity index (χ2n) is 9.78. The molecule has 2 heterocycles. The molecule has 0 radical (unpaired) electrons. The summed E-state index contributed by atoms with van der Waals surface area (Å²) >= 11 is 0. The Labute approximate surface area is 259 Å². The van der Waals surface area contributed by atoms with Gasteiger partial charge in [-0.25, -0.2) is 18.4 Å². The molecule has 0 saturated carbocycles. The van der Waals surface area contributed by atoms with Gasteiger partial charge < -0.3 is 29.2 Å². The van der Waals surface area contributed by atoms with Crippen molar-refractivity contribution in [2.45, 2.75) is 0 Å². The average molecular weight is 633 g/mol. The fourth-order valence-electron chi connectivity index (χ4n) is 4.57. The maximum atomic E-state index is 13.9. The summed E-state index contributed by atoms with van der Waals surface area (Å²) < 4.78 is 51.5. The molecule has 6 aromatic rings. The highest BCUT2D eigenvalue weighted by Gasteiger charge is 2.18. The highest BCUT2D eigenvalue weighted by Crippen LogP contribution is 2.35. The number of hydrogen-bond donors (Lipinski definition) is 2. The SMILES string of the molecule is COC(=O)c1cc(Oc2ccc(O)cc2F)c2c(cnn2C)c1.COC(=O)c1cc(Oc2ccc(O)cc2F)c2c(cnn2C)c1. The molecule has 14 heteroatoms. The van der Waals surface area contributed by atoms with Crippen LogP contribution in [0.4, 0.5) is 8.78 Å². The fourth-order valence-corrected chi connectivity index (χ4v) is 4.57. The van der Waals surface area contributed by atoms with E-state index in [9.17, 15) is 28.6 Å². The standard InChI is InChI=1S/2C16H13FN2O4/c2*1-19-15-10(8-18-19)5-9(16(21)22-2)6-14(15)23-13-4-3-11(20)7-12(13)17/h2*3-8,20H,1-2H3. The molecule has 0 unspecified atom stereocenters. The molecule has 4 aromatic carbocycles. The molecule has 236 valence electrons. The maximum absolute atomic E-state index is 13.9. The Morgan fingerprint density at radius 2 is 1.02 bits per heavy atom. The predicted octanol–water partition coefficient (Wildman–Crippen LogP) is 5.99. The van der Waals surface area contributed by atoms with Gasteiger partial charge in [0.25, 0.3) is 0 Å². The van der Waals surface area contributed by atoms with E-state index in [1.807, 2.05) is 0 Å². The zero-order valence-corrected chi connectivity index (χ0v) is 24.8. The molecule has 12 nitrogen and oxygen atoms in total. The van der Waals surface area contributed by atoms with E-state index < -0.39 is 23.6 Å². The van der Waals surface area contributed by atoms with Gasteiger partial charge in [0, 0.05) is 37.0 Å². The molecule has 0 saturated heterocycles. The van der Waals surface area contributed by atoms with Crippen molar-refractivity contribution in [3.8, 4) is 34.5 Å². The smallest absolute Gasteiger partial charge is 0.338 e. The number of fused-ring (bicyclic) bond motifs is 2. The van der Waals surface area contributed by atoms with Crippen LogP contribution >= 0.6 is 0 Å². The minimum atomic E-state index is -0.719. The first-order valence-corrected chi connectivity index (χ1v) is 13.4. The Balaban J connectivity index is 0.000000181. The van der Waals surface area contributed by atoms with E-state index in [1.54, 1.807) is 48.0 Å². The molecule has 0 atom stereocenters. The Bertz CT molecular complexity index is 1960. The van der Waals surface area contributed by atoms with E-state index in [1.165, 1.54) is 50.6 Å². The number of ether oxygens (including phenoxy) is 4. The highest BCUT2D eigenvalue weighted by atomic mass is 19.1. The third-order valence-corrected chi connectivity index (χ3v) is 6.71. The number of aryl methyl sites for hydroxylation is 2. The molecule has 46 heavy (non-hydrogen) atoms. The molecule has 2 aromatic heterocycles. The minimum absolute atomic E-state index is 0.0766. The van der Waals surface area contributed by atoms with E-state index in [-0.39, 0.29) is 45.6 Å². The normalized spacial score (nSPS) is 10.7. The number of benzene rings is 4. The Kier molecular flexibility index (Phi) is 8.71. The zero-order chi connectivity index (χ0) is 33.1. The Morgan fingerprint density at radius 3 is 1.37 bits per heavy atom. The number of aromatic hydroxyl groups is 2. The summed E-state index contributed by atoms with van der Waals surface area (Å²) in [6.07, 6.45) is 3.14. The second kappa shape index (κ2) is 12.8.